The van der Waals surface area contributed by atoms with E-state index >= 15 is 0 Å². The molecular weight excluding hydrogens is 1050 g/mol. The van der Waals surface area contributed by atoms with Crippen molar-refractivity contribution in [1.29, 1.82) is 0 Å². The van der Waals surface area contributed by atoms with Gasteiger partial charge in [0.05, 0.1) is 38.6 Å². The lowest BCUT2D eigenvalue weighted by molar-refractivity contribution is -0.379. The molecule has 0 spiro atoms. The van der Waals surface area contributed by atoms with Gasteiger partial charge in [-0.3, -0.25) is 4.79 Å². The second kappa shape index (κ2) is 44.2. The Morgan fingerprint density at radius 3 is 1.38 bits per heavy atom. The first-order valence-electron chi connectivity index (χ1n) is 30.0. The van der Waals surface area contributed by atoms with Crippen molar-refractivity contribution in [1.82, 2.24) is 5.32 Å². The molecule has 0 aliphatic carbocycles. The Labute approximate surface area is 482 Å². The number of carbonyl (C=O) groups excluding carboxylic acids is 1. The van der Waals surface area contributed by atoms with Crippen molar-refractivity contribution >= 4 is 5.91 Å². The van der Waals surface area contributed by atoms with Crippen LogP contribution in [0.4, 0.5) is 0 Å². The lowest BCUT2D eigenvalue weighted by Gasteiger charge is -2.48. The van der Waals surface area contributed by atoms with Crippen LogP contribution in [-0.2, 0) is 33.2 Å². The highest BCUT2D eigenvalue weighted by atomic mass is 16.8. The zero-order valence-electron chi connectivity index (χ0n) is 48.2. The summed E-state index contributed by atoms with van der Waals surface area (Å²) in [5, 5.41) is 120. The maximum Gasteiger partial charge on any atom is 0.220 e. The molecule has 3 rings (SSSR count). The number of unbranched alkanes of at least 4 members (excludes halogenated alkanes) is 12. The van der Waals surface area contributed by atoms with Gasteiger partial charge in [0.1, 0.15) is 73.2 Å². The van der Waals surface area contributed by atoms with E-state index in [0.29, 0.717) is 12.8 Å². The van der Waals surface area contributed by atoms with E-state index in [-0.39, 0.29) is 18.9 Å². The van der Waals surface area contributed by atoms with E-state index in [4.69, 9.17) is 28.4 Å². The Bertz CT molecular complexity index is 1850. The van der Waals surface area contributed by atoms with E-state index in [1.807, 2.05) is 6.08 Å². The molecule has 19 heteroatoms. The normalized spacial score (nSPS) is 30.5. The summed E-state index contributed by atoms with van der Waals surface area (Å²) in [7, 11) is 0. The standard InChI is InChI=1S/C62H103NO18/c1-3-5-7-9-11-13-15-17-18-19-20-21-22-23-24-25-26-28-30-32-34-36-38-40-50(68)63-45(46(67)39-37-35-33-31-29-27-16-14-12-10-8-6-4-2)44-76-60-56(74)53(71)58(48(42-65)78-60)81-62-57(75)54(72)59(49(43-66)79-62)80-61-55(73)52(70)51(69)47(41-64)77-61/h5,7,11,13,17-18,20-21,23-24,26,28-29,31,37,39,45-49,51-62,64-67,69-75H,3-4,6,8-10,12,14-16,19,22,25,27,30,32-36,38,40-44H2,1-2H3,(H,63,68)/b7-5-,13-11-,18-17-,21-20-,24-23-,28-26-,31-29+,39-37+. The molecular formula is C62H103NO18. The molecule has 0 bridgehead atoms. The van der Waals surface area contributed by atoms with Gasteiger partial charge in [0.25, 0.3) is 0 Å². The second-order valence-corrected chi connectivity index (χ2v) is 21.1. The molecule has 3 aliphatic rings. The SMILES string of the molecule is CC/C=C\C/C=C\C/C=C\C/C=C\C/C=C\C/C=C\CCCCCCC(=O)NC(COC1OC(CO)C(OC2OC(CO)C(OC3OC(CO)C(O)C(O)C3O)C(O)C2O)C(O)C1O)C(O)/C=C/CC/C=C/CCCCCCCCC. The Morgan fingerprint density at radius 2 is 0.864 bits per heavy atom. The summed E-state index contributed by atoms with van der Waals surface area (Å²) in [5.74, 6) is -0.316. The van der Waals surface area contributed by atoms with Gasteiger partial charge in [-0.25, -0.2) is 0 Å². The van der Waals surface area contributed by atoms with Crippen LogP contribution < -0.4 is 5.32 Å². The molecule has 464 valence electrons. The number of nitrogens with one attached hydrogen (secondary N) is 1. The van der Waals surface area contributed by atoms with Gasteiger partial charge in [0.2, 0.25) is 5.91 Å². The lowest BCUT2D eigenvalue weighted by atomic mass is 9.96. The maximum absolute atomic E-state index is 13.3. The number of aliphatic hydroxyl groups excluding tert-OH is 11. The van der Waals surface area contributed by atoms with E-state index in [0.717, 1.165) is 83.5 Å². The predicted octanol–water partition coefficient (Wildman–Crippen LogP) is 5.37. The summed E-state index contributed by atoms with van der Waals surface area (Å²) in [4.78, 5) is 13.3. The van der Waals surface area contributed by atoms with Gasteiger partial charge < -0.3 is 89.9 Å². The topological polar surface area (TPSA) is 307 Å². The van der Waals surface area contributed by atoms with E-state index in [2.05, 4.69) is 104 Å². The van der Waals surface area contributed by atoms with Crippen LogP contribution in [-0.4, -0.2) is 193 Å². The number of aliphatic hydroxyl groups is 11. The molecule has 12 N–H and O–H groups in total. The maximum atomic E-state index is 13.3. The van der Waals surface area contributed by atoms with Gasteiger partial charge in [0.15, 0.2) is 18.9 Å². The zero-order chi connectivity index (χ0) is 59.0. The number of hydrogen-bond acceptors (Lipinski definition) is 18. The Kier molecular flexibility index (Phi) is 39.3. The van der Waals surface area contributed by atoms with E-state index in [1.54, 1.807) is 6.08 Å². The average molecular weight is 1150 g/mol. The first-order chi connectivity index (χ1) is 39.3. The molecule has 0 saturated carbocycles. The molecule has 0 aromatic carbocycles. The van der Waals surface area contributed by atoms with Gasteiger partial charge in [-0.2, -0.15) is 0 Å². The molecule has 3 heterocycles. The number of carbonyl (C=O) groups is 1. The molecule has 3 aliphatic heterocycles. The molecule has 3 saturated heterocycles. The number of allylic oxidation sites excluding steroid dienone is 15. The van der Waals surface area contributed by atoms with E-state index in [1.165, 1.54) is 38.5 Å². The monoisotopic (exact) mass is 1150 g/mol. The van der Waals surface area contributed by atoms with Gasteiger partial charge in [-0.1, -0.05) is 162 Å². The highest BCUT2D eigenvalue weighted by Gasteiger charge is 2.53. The van der Waals surface area contributed by atoms with Crippen molar-refractivity contribution in [2.75, 3.05) is 26.4 Å². The Hall–Kier alpha value is -3.29. The summed E-state index contributed by atoms with van der Waals surface area (Å²) >= 11 is 0. The molecule has 81 heavy (non-hydrogen) atoms. The Balaban J connectivity index is 1.51. The number of ether oxygens (including phenoxy) is 6. The van der Waals surface area contributed by atoms with Crippen LogP contribution in [0.25, 0.3) is 0 Å². The molecule has 1 amide bonds. The molecule has 3 fully saturated rings. The van der Waals surface area contributed by atoms with Crippen molar-refractivity contribution in [2.45, 2.75) is 259 Å². The summed E-state index contributed by atoms with van der Waals surface area (Å²) in [6.07, 6.45) is 28.2. The Morgan fingerprint density at radius 1 is 0.457 bits per heavy atom. The van der Waals surface area contributed by atoms with Crippen LogP contribution in [0.5, 0.6) is 0 Å². The number of amides is 1. The first kappa shape index (κ1) is 72.0. The highest BCUT2D eigenvalue weighted by molar-refractivity contribution is 5.76. The molecule has 0 aromatic rings. The molecule has 17 atom stereocenters. The minimum absolute atomic E-state index is 0.199. The van der Waals surface area contributed by atoms with Crippen LogP contribution >= 0.6 is 0 Å². The van der Waals surface area contributed by atoms with Crippen LogP contribution in [0.3, 0.4) is 0 Å². The summed E-state index contributed by atoms with van der Waals surface area (Å²) in [5.41, 5.74) is 0. The van der Waals surface area contributed by atoms with Crippen LogP contribution in [0, 0.1) is 0 Å². The smallest absolute Gasteiger partial charge is 0.220 e. The van der Waals surface area contributed by atoms with Crippen molar-refractivity contribution in [3.05, 3.63) is 97.2 Å². The third kappa shape index (κ3) is 28.0. The zero-order valence-corrected chi connectivity index (χ0v) is 48.2. The quantitative estimate of drug-likeness (QED) is 0.0270. The lowest BCUT2D eigenvalue weighted by Crippen LogP contribution is -2.66. The summed E-state index contributed by atoms with van der Waals surface area (Å²) < 4.78 is 34.2. The largest absolute Gasteiger partial charge is 0.394 e. The predicted molar refractivity (Wildman–Crippen MR) is 309 cm³/mol. The third-order valence-electron chi connectivity index (χ3n) is 14.4. The molecule has 19 nitrogen and oxygen atoms in total. The average Bonchev–Trinajstić information content (AvgIpc) is 3.57. The van der Waals surface area contributed by atoms with Crippen molar-refractivity contribution in [3.8, 4) is 0 Å². The number of rotatable bonds is 42. The van der Waals surface area contributed by atoms with Crippen molar-refractivity contribution < 1.29 is 89.4 Å². The summed E-state index contributed by atoms with van der Waals surface area (Å²) in [6, 6.07) is -1.01. The summed E-state index contributed by atoms with van der Waals surface area (Å²) in [6.45, 7) is 1.52. The number of hydrogen-bond donors (Lipinski definition) is 12. The van der Waals surface area contributed by atoms with Crippen LogP contribution in [0.15, 0.2) is 97.2 Å². The van der Waals surface area contributed by atoms with Gasteiger partial charge in [-0.15, -0.1) is 0 Å². The van der Waals surface area contributed by atoms with Crippen LogP contribution in [0.2, 0.25) is 0 Å². The van der Waals surface area contributed by atoms with E-state index in [9.17, 15) is 61.0 Å². The minimum atomic E-state index is -1.99. The molecule has 0 radical (unpaired) electrons. The van der Waals surface area contributed by atoms with Gasteiger partial charge >= 0.3 is 0 Å². The molecule has 0 aromatic heterocycles. The fourth-order valence-corrected chi connectivity index (χ4v) is 9.44. The second-order valence-electron chi connectivity index (χ2n) is 21.1. The fourth-order valence-electron chi connectivity index (χ4n) is 9.44. The van der Waals surface area contributed by atoms with Crippen molar-refractivity contribution in [3.63, 3.8) is 0 Å². The van der Waals surface area contributed by atoms with Crippen molar-refractivity contribution in [2.24, 2.45) is 0 Å². The third-order valence-corrected chi connectivity index (χ3v) is 14.4. The molecule has 17 unspecified atom stereocenters. The fraction of sp³-hybridized carbons (Fsp3) is 0.726. The van der Waals surface area contributed by atoms with E-state index < -0.39 is 124 Å². The van der Waals surface area contributed by atoms with Crippen LogP contribution in [0.1, 0.15) is 155 Å². The minimum Gasteiger partial charge on any atom is -0.394 e. The first-order valence-corrected chi connectivity index (χ1v) is 30.0. The van der Waals surface area contributed by atoms with Gasteiger partial charge in [0, 0.05) is 6.42 Å². The highest BCUT2D eigenvalue weighted by Crippen LogP contribution is 2.33. The van der Waals surface area contributed by atoms with Gasteiger partial charge in [-0.05, 0) is 83.5 Å².